The van der Waals surface area contributed by atoms with Gasteiger partial charge in [0, 0.05) is 36.9 Å². The minimum atomic E-state index is 0.316. The molecule has 0 amide bonds. The van der Waals surface area contributed by atoms with Crippen molar-refractivity contribution in [3.63, 3.8) is 0 Å². The summed E-state index contributed by atoms with van der Waals surface area (Å²) in [5.41, 5.74) is 3.43. The second-order valence-corrected chi connectivity index (χ2v) is 6.32. The summed E-state index contributed by atoms with van der Waals surface area (Å²) in [6.07, 6.45) is 0.952. The smallest absolute Gasteiger partial charge is 0.115 e. The Morgan fingerprint density at radius 2 is 2.04 bits per heavy atom. The molecule has 0 spiro atoms. The van der Waals surface area contributed by atoms with Gasteiger partial charge in [-0.3, -0.25) is 9.88 Å². The number of aromatic nitrogens is 1. The van der Waals surface area contributed by atoms with Crippen LogP contribution in [0, 0.1) is 12.8 Å². The standard InChI is InChI=1S/C19H24N2O2/c1-15-3-2-4-18(20-15)11-17-13-21(9-10-23-14-17)12-16-5-7-19(22)8-6-16/h2-8,17,22H,9-14H2,1H3. The Hall–Kier alpha value is -1.91. The summed E-state index contributed by atoms with van der Waals surface area (Å²) < 4.78 is 5.79. The third-order valence-electron chi connectivity index (χ3n) is 4.21. The van der Waals surface area contributed by atoms with Gasteiger partial charge >= 0.3 is 0 Å². The molecule has 4 heteroatoms. The van der Waals surface area contributed by atoms with E-state index in [0.717, 1.165) is 50.7 Å². The van der Waals surface area contributed by atoms with Gasteiger partial charge in [-0.1, -0.05) is 18.2 Å². The molecule has 4 nitrogen and oxygen atoms in total. The van der Waals surface area contributed by atoms with Gasteiger partial charge in [0.05, 0.1) is 13.2 Å². The quantitative estimate of drug-likeness (QED) is 0.943. The van der Waals surface area contributed by atoms with Crippen LogP contribution in [0.1, 0.15) is 17.0 Å². The van der Waals surface area contributed by atoms with E-state index in [2.05, 4.69) is 22.0 Å². The molecule has 1 N–H and O–H groups in total. The van der Waals surface area contributed by atoms with E-state index < -0.39 is 0 Å². The van der Waals surface area contributed by atoms with E-state index in [4.69, 9.17) is 4.74 Å². The highest BCUT2D eigenvalue weighted by atomic mass is 16.5. The number of hydrogen-bond acceptors (Lipinski definition) is 4. The molecule has 1 atom stereocenters. The third kappa shape index (κ3) is 4.78. The number of phenolic OH excluding ortho intramolecular Hbond substituents is 1. The molecular weight excluding hydrogens is 288 g/mol. The Kier molecular flexibility index (Phi) is 5.26. The summed E-state index contributed by atoms with van der Waals surface area (Å²) in [6, 6.07) is 13.7. The lowest BCUT2D eigenvalue weighted by Gasteiger charge is -2.23. The van der Waals surface area contributed by atoms with Crippen molar-refractivity contribution >= 4 is 0 Å². The lowest BCUT2D eigenvalue weighted by molar-refractivity contribution is 0.121. The largest absolute Gasteiger partial charge is 0.508 e. The maximum absolute atomic E-state index is 9.40. The summed E-state index contributed by atoms with van der Waals surface area (Å²) in [7, 11) is 0. The van der Waals surface area contributed by atoms with Gasteiger partial charge in [-0.2, -0.15) is 0 Å². The SMILES string of the molecule is Cc1cccc(CC2COCCN(Cc3ccc(O)cc3)C2)n1. The second kappa shape index (κ2) is 7.57. The van der Waals surface area contributed by atoms with Gasteiger partial charge in [-0.15, -0.1) is 0 Å². The molecule has 1 aromatic heterocycles. The zero-order valence-electron chi connectivity index (χ0n) is 13.6. The van der Waals surface area contributed by atoms with Gasteiger partial charge in [0.1, 0.15) is 5.75 Å². The topological polar surface area (TPSA) is 45.6 Å². The van der Waals surface area contributed by atoms with Gasteiger partial charge in [-0.05, 0) is 43.2 Å². The summed E-state index contributed by atoms with van der Waals surface area (Å²) in [5.74, 6) is 0.778. The highest BCUT2D eigenvalue weighted by molar-refractivity contribution is 5.25. The molecule has 1 aromatic carbocycles. The molecule has 0 aliphatic carbocycles. The number of phenols is 1. The number of ether oxygens (including phenoxy) is 1. The summed E-state index contributed by atoms with van der Waals surface area (Å²) in [4.78, 5) is 7.05. The number of aromatic hydroxyl groups is 1. The number of nitrogens with zero attached hydrogens (tertiary/aromatic N) is 2. The minimum Gasteiger partial charge on any atom is -0.508 e. The zero-order chi connectivity index (χ0) is 16.1. The van der Waals surface area contributed by atoms with Gasteiger partial charge in [0.15, 0.2) is 0 Å². The van der Waals surface area contributed by atoms with E-state index >= 15 is 0 Å². The maximum atomic E-state index is 9.40. The Bertz CT molecular complexity index is 628. The molecule has 1 aliphatic rings. The van der Waals surface area contributed by atoms with Crippen molar-refractivity contribution in [3.05, 3.63) is 59.4 Å². The third-order valence-corrected chi connectivity index (χ3v) is 4.21. The van der Waals surface area contributed by atoms with Crippen molar-refractivity contribution in [1.82, 2.24) is 9.88 Å². The second-order valence-electron chi connectivity index (χ2n) is 6.32. The first-order valence-electron chi connectivity index (χ1n) is 8.19. The van der Waals surface area contributed by atoms with Gasteiger partial charge in [0.25, 0.3) is 0 Å². The van der Waals surface area contributed by atoms with Crippen molar-refractivity contribution in [3.8, 4) is 5.75 Å². The minimum absolute atomic E-state index is 0.316. The monoisotopic (exact) mass is 312 g/mol. The Balaban J connectivity index is 1.62. The van der Waals surface area contributed by atoms with E-state index in [1.54, 1.807) is 12.1 Å². The summed E-state index contributed by atoms with van der Waals surface area (Å²) in [6.45, 7) is 6.44. The van der Waals surface area contributed by atoms with E-state index in [0.29, 0.717) is 11.7 Å². The molecule has 2 aromatic rings. The number of pyridine rings is 1. The van der Waals surface area contributed by atoms with Crippen molar-refractivity contribution < 1.29 is 9.84 Å². The van der Waals surface area contributed by atoms with Gasteiger partial charge in [0.2, 0.25) is 0 Å². The normalized spacial score (nSPS) is 19.4. The van der Waals surface area contributed by atoms with Crippen LogP contribution in [-0.2, 0) is 17.7 Å². The van der Waals surface area contributed by atoms with Crippen LogP contribution < -0.4 is 0 Å². The van der Waals surface area contributed by atoms with Crippen LogP contribution in [0.4, 0.5) is 0 Å². The predicted molar refractivity (Wildman–Crippen MR) is 90.4 cm³/mol. The first-order valence-corrected chi connectivity index (χ1v) is 8.19. The molecule has 1 aliphatic heterocycles. The molecule has 1 saturated heterocycles. The van der Waals surface area contributed by atoms with Crippen LogP contribution in [0.5, 0.6) is 5.75 Å². The molecule has 0 radical (unpaired) electrons. The van der Waals surface area contributed by atoms with E-state index in [-0.39, 0.29) is 0 Å². The Labute approximate surface area is 137 Å². The lowest BCUT2D eigenvalue weighted by atomic mass is 10.0. The average molecular weight is 312 g/mol. The van der Waals surface area contributed by atoms with Crippen LogP contribution in [0.15, 0.2) is 42.5 Å². The summed E-state index contributed by atoms with van der Waals surface area (Å²) >= 11 is 0. The molecule has 2 heterocycles. The molecule has 122 valence electrons. The highest BCUT2D eigenvalue weighted by Gasteiger charge is 2.19. The molecule has 0 saturated carbocycles. The Morgan fingerprint density at radius 1 is 1.22 bits per heavy atom. The molecule has 3 rings (SSSR count). The molecule has 0 bridgehead atoms. The molecule has 1 fully saturated rings. The molecule has 1 unspecified atom stereocenters. The number of aryl methyl sites for hydroxylation is 1. The predicted octanol–water partition coefficient (Wildman–Crippen LogP) is 2.79. The van der Waals surface area contributed by atoms with E-state index in [9.17, 15) is 5.11 Å². The van der Waals surface area contributed by atoms with Crippen molar-refractivity contribution in [2.75, 3.05) is 26.3 Å². The zero-order valence-corrected chi connectivity index (χ0v) is 13.6. The number of hydrogen-bond donors (Lipinski definition) is 1. The number of rotatable bonds is 4. The van der Waals surface area contributed by atoms with Crippen LogP contribution in [0.2, 0.25) is 0 Å². The van der Waals surface area contributed by atoms with Crippen molar-refractivity contribution in [2.24, 2.45) is 5.92 Å². The fourth-order valence-electron chi connectivity index (χ4n) is 3.09. The van der Waals surface area contributed by atoms with Crippen LogP contribution in [-0.4, -0.2) is 41.3 Å². The molecule has 23 heavy (non-hydrogen) atoms. The first-order chi connectivity index (χ1) is 11.2. The van der Waals surface area contributed by atoms with Gasteiger partial charge in [-0.25, -0.2) is 0 Å². The average Bonchev–Trinajstić information content (AvgIpc) is 2.75. The van der Waals surface area contributed by atoms with Gasteiger partial charge < -0.3 is 9.84 Å². The highest BCUT2D eigenvalue weighted by Crippen LogP contribution is 2.17. The van der Waals surface area contributed by atoms with Crippen LogP contribution in [0.3, 0.4) is 0 Å². The van der Waals surface area contributed by atoms with Crippen molar-refractivity contribution in [1.29, 1.82) is 0 Å². The van der Waals surface area contributed by atoms with E-state index in [1.807, 2.05) is 25.1 Å². The van der Waals surface area contributed by atoms with Crippen molar-refractivity contribution in [2.45, 2.75) is 19.9 Å². The first kappa shape index (κ1) is 16.0. The molecular formula is C19H24N2O2. The number of benzene rings is 1. The van der Waals surface area contributed by atoms with Crippen LogP contribution in [0.25, 0.3) is 0 Å². The fraction of sp³-hybridized carbons (Fsp3) is 0.421. The maximum Gasteiger partial charge on any atom is 0.115 e. The van der Waals surface area contributed by atoms with Crippen LogP contribution >= 0.6 is 0 Å². The summed E-state index contributed by atoms with van der Waals surface area (Å²) in [5, 5.41) is 9.40. The van der Waals surface area contributed by atoms with E-state index in [1.165, 1.54) is 5.56 Å². The lowest BCUT2D eigenvalue weighted by Crippen LogP contribution is -2.30. The fourth-order valence-corrected chi connectivity index (χ4v) is 3.09. The Morgan fingerprint density at radius 3 is 2.83 bits per heavy atom.